The number of carbonyl (C=O) groups is 2. The zero-order valence-corrected chi connectivity index (χ0v) is 15.6. The average Bonchev–Trinajstić information content (AvgIpc) is 2.62. The van der Waals surface area contributed by atoms with Crippen LogP contribution in [0.2, 0.25) is 0 Å². The Morgan fingerprint density at radius 3 is 2.56 bits per heavy atom. The Balaban J connectivity index is 1.92. The van der Waals surface area contributed by atoms with E-state index in [9.17, 15) is 14.0 Å². The van der Waals surface area contributed by atoms with E-state index in [2.05, 4.69) is 5.32 Å². The van der Waals surface area contributed by atoms with Crippen LogP contribution in [-0.2, 0) is 14.3 Å². The predicted molar refractivity (Wildman–Crippen MR) is 102 cm³/mol. The van der Waals surface area contributed by atoms with Gasteiger partial charge in [-0.15, -0.1) is 0 Å². The van der Waals surface area contributed by atoms with Crippen molar-refractivity contribution in [3.8, 4) is 5.40 Å². The van der Waals surface area contributed by atoms with Crippen LogP contribution in [0.5, 0.6) is 0 Å². The first-order valence-electron chi connectivity index (χ1n) is 7.97. The standard InChI is InChI=1S/C20H17FN2O3S/c1-13-9-16(27-12-22)10-14(2)20(13)23-18(24)11-26-19(25)8-7-15-5-3-4-6-17(15)21/h3-10H,11H2,1-2H3,(H,23,24)/b8-7+. The van der Waals surface area contributed by atoms with E-state index in [1.54, 1.807) is 24.3 Å². The van der Waals surface area contributed by atoms with Crippen molar-refractivity contribution in [1.82, 2.24) is 0 Å². The highest BCUT2D eigenvalue weighted by molar-refractivity contribution is 8.03. The third-order valence-electron chi connectivity index (χ3n) is 3.58. The quantitative estimate of drug-likeness (QED) is 0.349. The van der Waals surface area contributed by atoms with Crippen LogP contribution in [-0.4, -0.2) is 18.5 Å². The van der Waals surface area contributed by atoms with E-state index in [4.69, 9.17) is 10.00 Å². The summed E-state index contributed by atoms with van der Waals surface area (Å²) < 4.78 is 18.3. The number of hydrogen-bond acceptors (Lipinski definition) is 5. The largest absolute Gasteiger partial charge is 0.452 e. The summed E-state index contributed by atoms with van der Waals surface area (Å²) in [6.45, 7) is 3.16. The number of amides is 1. The van der Waals surface area contributed by atoms with Gasteiger partial charge in [0, 0.05) is 22.2 Å². The molecule has 0 saturated carbocycles. The van der Waals surface area contributed by atoms with Gasteiger partial charge >= 0.3 is 5.97 Å². The molecule has 0 saturated heterocycles. The Kier molecular flexibility index (Phi) is 7.15. The number of thioether (sulfide) groups is 1. The molecular weight excluding hydrogens is 367 g/mol. The van der Waals surface area contributed by atoms with Gasteiger partial charge in [0.2, 0.25) is 0 Å². The van der Waals surface area contributed by atoms with Crippen LogP contribution in [0.4, 0.5) is 10.1 Å². The summed E-state index contributed by atoms with van der Waals surface area (Å²) >= 11 is 1.04. The van der Waals surface area contributed by atoms with Crippen LogP contribution >= 0.6 is 11.8 Å². The van der Waals surface area contributed by atoms with Crippen LogP contribution in [0.1, 0.15) is 16.7 Å². The number of ether oxygens (including phenoxy) is 1. The molecule has 1 amide bonds. The minimum atomic E-state index is -0.748. The van der Waals surface area contributed by atoms with Crippen LogP contribution in [0, 0.1) is 30.3 Å². The number of nitrogens with zero attached hydrogens (tertiary/aromatic N) is 1. The van der Waals surface area contributed by atoms with E-state index in [-0.39, 0.29) is 5.56 Å². The van der Waals surface area contributed by atoms with E-state index in [1.807, 2.05) is 19.2 Å². The number of carbonyl (C=O) groups excluding carboxylic acids is 2. The summed E-state index contributed by atoms with van der Waals surface area (Å²) in [4.78, 5) is 24.5. The molecule has 0 heterocycles. The average molecular weight is 384 g/mol. The molecule has 0 atom stereocenters. The molecule has 0 spiro atoms. The van der Waals surface area contributed by atoms with Crippen molar-refractivity contribution in [2.45, 2.75) is 18.7 Å². The summed E-state index contributed by atoms with van der Waals surface area (Å²) in [6.07, 6.45) is 2.35. The zero-order chi connectivity index (χ0) is 19.8. The Morgan fingerprint density at radius 2 is 1.93 bits per heavy atom. The normalized spacial score (nSPS) is 10.4. The molecule has 0 aliphatic carbocycles. The number of hydrogen-bond donors (Lipinski definition) is 1. The molecule has 0 aliphatic heterocycles. The van der Waals surface area contributed by atoms with E-state index < -0.39 is 24.3 Å². The van der Waals surface area contributed by atoms with Crippen molar-refractivity contribution in [1.29, 1.82) is 5.26 Å². The Bertz CT molecular complexity index is 912. The molecule has 27 heavy (non-hydrogen) atoms. The number of thiocyanates is 1. The van der Waals surface area contributed by atoms with Gasteiger partial charge in [0.05, 0.1) is 0 Å². The number of aryl methyl sites for hydroxylation is 2. The summed E-state index contributed by atoms with van der Waals surface area (Å²) in [5.41, 5.74) is 2.46. The maximum absolute atomic E-state index is 13.5. The van der Waals surface area contributed by atoms with Crippen molar-refractivity contribution in [3.63, 3.8) is 0 Å². The number of halogens is 1. The SMILES string of the molecule is Cc1cc(SC#N)cc(C)c1NC(=O)COC(=O)/C=C/c1ccccc1F. The van der Waals surface area contributed by atoms with Crippen LogP contribution in [0.25, 0.3) is 6.08 Å². The second-order valence-corrected chi connectivity index (χ2v) is 6.49. The van der Waals surface area contributed by atoms with E-state index >= 15 is 0 Å². The molecule has 0 aliphatic rings. The predicted octanol–water partition coefficient (Wildman–Crippen LogP) is 4.21. The zero-order valence-electron chi connectivity index (χ0n) is 14.8. The monoisotopic (exact) mass is 384 g/mol. The minimum absolute atomic E-state index is 0.250. The smallest absolute Gasteiger partial charge is 0.331 e. The van der Waals surface area contributed by atoms with E-state index in [0.29, 0.717) is 5.69 Å². The molecular formula is C20H17FN2O3S. The summed E-state index contributed by atoms with van der Waals surface area (Å²) in [5, 5.41) is 13.4. The summed E-state index contributed by atoms with van der Waals surface area (Å²) in [5.74, 6) is -1.69. The Hall–Kier alpha value is -3.11. The first-order chi connectivity index (χ1) is 12.9. The lowest BCUT2D eigenvalue weighted by atomic mass is 10.1. The fourth-order valence-electron chi connectivity index (χ4n) is 2.36. The number of nitrogens with one attached hydrogen (secondary N) is 1. The van der Waals surface area contributed by atoms with Gasteiger partial charge in [-0.1, -0.05) is 18.2 Å². The molecule has 0 fully saturated rings. The fraction of sp³-hybridized carbons (Fsp3) is 0.150. The molecule has 5 nitrogen and oxygen atoms in total. The lowest BCUT2D eigenvalue weighted by molar-refractivity contribution is -0.142. The van der Waals surface area contributed by atoms with Crippen molar-refractivity contribution in [2.75, 3.05) is 11.9 Å². The third-order valence-corrected chi connectivity index (χ3v) is 4.15. The second-order valence-electron chi connectivity index (χ2n) is 5.64. The lowest BCUT2D eigenvalue weighted by Gasteiger charge is -2.12. The molecule has 138 valence electrons. The molecule has 0 aromatic heterocycles. The highest BCUT2D eigenvalue weighted by atomic mass is 32.2. The Labute approximate surface area is 160 Å². The summed E-state index contributed by atoms with van der Waals surface area (Å²) in [6, 6.07) is 9.58. The van der Waals surface area contributed by atoms with Crippen LogP contribution in [0.3, 0.4) is 0 Å². The Morgan fingerprint density at radius 1 is 1.26 bits per heavy atom. The number of esters is 1. The van der Waals surface area contributed by atoms with Gasteiger partial charge in [-0.3, -0.25) is 4.79 Å². The molecule has 7 heteroatoms. The van der Waals surface area contributed by atoms with E-state index in [0.717, 1.165) is 33.9 Å². The number of nitriles is 1. The van der Waals surface area contributed by atoms with Gasteiger partial charge in [-0.25, -0.2) is 9.18 Å². The van der Waals surface area contributed by atoms with Crippen molar-refractivity contribution < 1.29 is 18.7 Å². The third kappa shape index (κ3) is 5.97. The van der Waals surface area contributed by atoms with Gasteiger partial charge in [0.25, 0.3) is 5.91 Å². The van der Waals surface area contributed by atoms with Crippen LogP contribution < -0.4 is 5.32 Å². The molecule has 2 aromatic rings. The lowest BCUT2D eigenvalue weighted by Crippen LogP contribution is -2.21. The summed E-state index contributed by atoms with van der Waals surface area (Å²) in [7, 11) is 0. The highest BCUT2D eigenvalue weighted by Crippen LogP contribution is 2.27. The maximum atomic E-state index is 13.5. The number of anilines is 1. The molecule has 1 N–H and O–H groups in total. The van der Waals surface area contributed by atoms with Crippen molar-refractivity contribution in [3.05, 3.63) is 65.0 Å². The van der Waals surface area contributed by atoms with E-state index in [1.165, 1.54) is 18.2 Å². The first kappa shape index (κ1) is 20.2. The molecule has 0 bridgehead atoms. The first-order valence-corrected chi connectivity index (χ1v) is 8.78. The molecule has 2 rings (SSSR count). The van der Waals surface area contributed by atoms with Crippen molar-refractivity contribution >= 4 is 35.4 Å². The highest BCUT2D eigenvalue weighted by Gasteiger charge is 2.11. The number of benzene rings is 2. The number of rotatable bonds is 6. The van der Waals surface area contributed by atoms with Gasteiger partial charge in [0.15, 0.2) is 6.61 Å². The molecule has 0 unspecified atom stereocenters. The molecule has 2 aromatic carbocycles. The van der Waals surface area contributed by atoms with Gasteiger partial charge in [0.1, 0.15) is 11.2 Å². The second kappa shape index (κ2) is 9.55. The fourth-order valence-corrected chi connectivity index (χ4v) is 2.94. The van der Waals surface area contributed by atoms with Gasteiger partial charge in [-0.05, 0) is 61.0 Å². The maximum Gasteiger partial charge on any atom is 0.331 e. The van der Waals surface area contributed by atoms with Gasteiger partial charge < -0.3 is 10.1 Å². The topological polar surface area (TPSA) is 79.2 Å². The molecule has 0 radical (unpaired) electrons. The minimum Gasteiger partial charge on any atom is -0.452 e. The van der Waals surface area contributed by atoms with Crippen LogP contribution in [0.15, 0.2) is 47.4 Å². The van der Waals surface area contributed by atoms with Crippen molar-refractivity contribution in [2.24, 2.45) is 0 Å². The van der Waals surface area contributed by atoms with Gasteiger partial charge in [-0.2, -0.15) is 5.26 Å².